The van der Waals surface area contributed by atoms with Gasteiger partial charge in [-0.2, -0.15) is 0 Å². The number of fused-ring (bicyclic) bond motifs is 1. The van der Waals surface area contributed by atoms with Gasteiger partial charge in [-0.15, -0.1) is 24.8 Å². The maximum Gasteiger partial charge on any atom is 0.237 e. The first-order valence-electron chi connectivity index (χ1n) is 10.1. The fourth-order valence-corrected chi connectivity index (χ4v) is 5.50. The van der Waals surface area contributed by atoms with Gasteiger partial charge in [0, 0.05) is 31.2 Å². The number of amides is 1. The third-order valence-electron chi connectivity index (χ3n) is 6.90. The Bertz CT molecular complexity index is 409. The summed E-state index contributed by atoms with van der Waals surface area (Å²) in [6.07, 6.45) is 14.3. The fraction of sp³-hybridized carbons (Fsp3) is 0.947. The molecular formula is C19H35Cl2N3O. The molecule has 25 heavy (non-hydrogen) atoms. The Kier molecular flexibility index (Phi) is 8.32. The SMILES string of the molecule is Cl.Cl.O=C(NC1CCN(C2CCCC2)CC1)C1CC2CCCCC2N1. The smallest absolute Gasteiger partial charge is 0.237 e. The van der Waals surface area contributed by atoms with Crippen LogP contribution in [-0.2, 0) is 4.79 Å². The van der Waals surface area contributed by atoms with E-state index < -0.39 is 0 Å². The minimum atomic E-state index is 0. The minimum Gasteiger partial charge on any atom is -0.352 e. The van der Waals surface area contributed by atoms with E-state index in [1.54, 1.807) is 0 Å². The Labute approximate surface area is 165 Å². The molecule has 1 amide bonds. The van der Waals surface area contributed by atoms with E-state index in [0.717, 1.165) is 31.2 Å². The Morgan fingerprint density at radius 2 is 1.52 bits per heavy atom. The number of carbonyl (C=O) groups is 1. The standard InChI is InChI=1S/C19H33N3O.2ClH/c23-19(18-13-14-5-1-4-8-17(14)21-18)20-15-9-11-22(12-10-15)16-6-2-3-7-16;;/h14-18,21H,1-13H2,(H,20,23);2*1H. The molecule has 3 unspecified atom stereocenters. The van der Waals surface area contributed by atoms with Gasteiger partial charge in [-0.05, 0) is 50.9 Å². The first-order valence-corrected chi connectivity index (χ1v) is 10.1. The van der Waals surface area contributed by atoms with Crippen molar-refractivity contribution >= 4 is 30.7 Å². The lowest BCUT2D eigenvalue weighted by atomic mass is 9.85. The fourth-order valence-electron chi connectivity index (χ4n) is 5.50. The molecule has 4 nitrogen and oxygen atoms in total. The molecule has 2 aliphatic heterocycles. The van der Waals surface area contributed by atoms with Crippen LogP contribution < -0.4 is 10.6 Å². The molecule has 2 N–H and O–H groups in total. The summed E-state index contributed by atoms with van der Waals surface area (Å²) in [5, 5.41) is 6.97. The number of likely N-dealkylation sites (tertiary alicyclic amines) is 1. The molecule has 2 saturated carbocycles. The molecule has 0 aromatic heterocycles. The van der Waals surface area contributed by atoms with E-state index in [4.69, 9.17) is 0 Å². The van der Waals surface area contributed by atoms with Crippen LogP contribution in [0.4, 0.5) is 0 Å². The molecule has 6 heteroatoms. The van der Waals surface area contributed by atoms with Crippen molar-refractivity contribution in [3.8, 4) is 0 Å². The molecule has 4 fully saturated rings. The van der Waals surface area contributed by atoms with E-state index in [-0.39, 0.29) is 36.8 Å². The van der Waals surface area contributed by atoms with Gasteiger partial charge in [0.1, 0.15) is 0 Å². The highest BCUT2D eigenvalue weighted by Crippen LogP contribution is 2.33. The van der Waals surface area contributed by atoms with Crippen molar-refractivity contribution < 1.29 is 4.79 Å². The number of hydrogen-bond acceptors (Lipinski definition) is 3. The Hall–Kier alpha value is -0.0300. The van der Waals surface area contributed by atoms with Crippen molar-refractivity contribution in [1.29, 1.82) is 0 Å². The second-order valence-electron chi connectivity index (χ2n) is 8.36. The number of carbonyl (C=O) groups excluding carboxylic acids is 1. The average Bonchev–Trinajstić information content (AvgIpc) is 3.25. The highest BCUT2D eigenvalue weighted by atomic mass is 35.5. The molecular weight excluding hydrogens is 357 g/mol. The Morgan fingerprint density at radius 1 is 0.880 bits per heavy atom. The number of piperidine rings is 1. The zero-order valence-corrected chi connectivity index (χ0v) is 16.9. The summed E-state index contributed by atoms with van der Waals surface area (Å²) in [4.78, 5) is 15.3. The summed E-state index contributed by atoms with van der Waals surface area (Å²) in [6.45, 7) is 2.36. The molecule has 2 saturated heterocycles. The average molecular weight is 392 g/mol. The molecule has 0 radical (unpaired) electrons. The van der Waals surface area contributed by atoms with Crippen LogP contribution in [0, 0.1) is 5.92 Å². The van der Waals surface area contributed by atoms with Gasteiger partial charge in [-0.1, -0.05) is 25.7 Å². The predicted octanol–water partition coefficient (Wildman–Crippen LogP) is 3.27. The lowest BCUT2D eigenvalue weighted by Crippen LogP contribution is -2.51. The molecule has 0 aromatic rings. The first-order chi connectivity index (χ1) is 11.3. The maximum absolute atomic E-state index is 12.6. The minimum absolute atomic E-state index is 0. The summed E-state index contributed by atoms with van der Waals surface area (Å²) in [6, 6.07) is 1.94. The zero-order valence-electron chi connectivity index (χ0n) is 15.3. The van der Waals surface area contributed by atoms with Gasteiger partial charge in [0.25, 0.3) is 0 Å². The summed E-state index contributed by atoms with van der Waals surface area (Å²) in [5.74, 6) is 1.03. The third kappa shape index (κ3) is 5.03. The molecule has 0 bridgehead atoms. The van der Waals surface area contributed by atoms with E-state index in [2.05, 4.69) is 15.5 Å². The zero-order chi connectivity index (χ0) is 15.6. The second-order valence-corrected chi connectivity index (χ2v) is 8.36. The lowest BCUT2D eigenvalue weighted by molar-refractivity contribution is -0.124. The van der Waals surface area contributed by atoms with Crippen molar-refractivity contribution in [2.75, 3.05) is 13.1 Å². The predicted molar refractivity (Wildman–Crippen MR) is 107 cm³/mol. The van der Waals surface area contributed by atoms with Crippen molar-refractivity contribution in [2.24, 2.45) is 5.92 Å². The van der Waals surface area contributed by atoms with Crippen LogP contribution in [0.25, 0.3) is 0 Å². The summed E-state index contributed by atoms with van der Waals surface area (Å²) < 4.78 is 0. The normalized spacial score (nSPS) is 34.0. The van der Waals surface area contributed by atoms with E-state index in [9.17, 15) is 4.79 Å². The van der Waals surface area contributed by atoms with E-state index in [1.165, 1.54) is 64.5 Å². The molecule has 2 heterocycles. The molecule has 146 valence electrons. The first kappa shape index (κ1) is 21.3. The van der Waals surface area contributed by atoms with Gasteiger partial charge in [-0.25, -0.2) is 0 Å². The van der Waals surface area contributed by atoms with Gasteiger partial charge in [0.15, 0.2) is 0 Å². The maximum atomic E-state index is 12.6. The van der Waals surface area contributed by atoms with Crippen LogP contribution in [0.15, 0.2) is 0 Å². The van der Waals surface area contributed by atoms with Crippen LogP contribution in [-0.4, -0.2) is 48.1 Å². The number of halogens is 2. The summed E-state index contributed by atoms with van der Waals surface area (Å²) in [7, 11) is 0. The largest absolute Gasteiger partial charge is 0.352 e. The van der Waals surface area contributed by atoms with E-state index in [0.29, 0.717) is 12.1 Å². The van der Waals surface area contributed by atoms with Gasteiger partial charge in [0.05, 0.1) is 6.04 Å². The van der Waals surface area contributed by atoms with Crippen LogP contribution in [0.3, 0.4) is 0 Å². The van der Waals surface area contributed by atoms with Gasteiger partial charge < -0.3 is 15.5 Å². The Balaban J connectivity index is 0.00000113. The molecule has 0 aromatic carbocycles. The monoisotopic (exact) mass is 391 g/mol. The summed E-state index contributed by atoms with van der Waals surface area (Å²) >= 11 is 0. The summed E-state index contributed by atoms with van der Waals surface area (Å²) in [5.41, 5.74) is 0. The van der Waals surface area contributed by atoms with Crippen LogP contribution in [0.1, 0.15) is 70.6 Å². The number of hydrogen-bond donors (Lipinski definition) is 2. The van der Waals surface area contributed by atoms with Crippen molar-refractivity contribution in [3.05, 3.63) is 0 Å². The molecule has 3 atom stereocenters. The number of rotatable bonds is 3. The van der Waals surface area contributed by atoms with E-state index in [1.807, 2.05) is 0 Å². The number of nitrogens with zero attached hydrogens (tertiary/aromatic N) is 1. The highest BCUT2D eigenvalue weighted by molar-refractivity contribution is 5.85. The van der Waals surface area contributed by atoms with Crippen LogP contribution >= 0.6 is 24.8 Å². The topological polar surface area (TPSA) is 44.4 Å². The molecule has 4 aliphatic rings. The molecule has 2 aliphatic carbocycles. The third-order valence-corrected chi connectivity index (χ3v) is 6.90. The quantitative estimate of drug-likeness (QED) is 0.775. The van der Waals surface area contributed by atoms with E-state index >= 15 is 0 Å². The second kappa shape index (κ2) is 9.77. The van der Waals surface area contributed by atoms with Crippen molar-refractivity contribution in [2.45, 2.75) is 94.8 Å². The van der Waals surface area contributed by atoms with Gasteiger partial charge >= 0.3 is 0 Å². The molecule has 4 rings (SSSR count). The van der Waals surface area contributed by atoms with Crippen LogP contribution in [0.2, 0.25) is 0 Å². The molecule has 0 spiro atoms. The number of nitrogens with one attached hydrogen (secondary N) is 2. The van der Waals surface area contributed by atoms with Gasteiger partial charge in [0.2, 0.25) is 5.91 Å². The highest BCUT2D eigenvalue weighted by Gasteiger charge is 2.39. The van der Waals surface area contributed by atoms with Crippen molar-refractivity contribution in [3.63, 3.8) is 0 Å². The van der Waals surface area contributed by atoms with Crippen LogP contribution in [0.5, 0.6) is 0 Å². The lowest BCUT2D eigenvalue weighted by Gasteiger charge is -2.36. The Morgan fingerprint density at radius 3 is 2.20 bits per heavy atom. The van der Waals surface area contributed by atoms with Crippen molar-refractivity contribution in [1.82, 2.24) is 15.5 Å². The van der Waals surface area contributed by atoms with Gasteiger partial charge in [-0.3, -0.25) is 4.79 Å².